The third-order valence-corrected chi connectivity index (χ3v) is 5.87. The maximum Gasteiger partial charge on any atom is 0.233 e. The molecule has 1 aliphatic heterocycles. The molecule has 0 saturated carbocycles. The molecule has 3 amide bonds. The predicted molar refractivity (Wildman–Crippen MR) is 97.0 cm³/mol. The molecule has 3 aliphatic rings. The molecule has 0 unspecified atom stereocenters. The first-order chi connectivity index (χ1) is 12.6. The van der Waals surface area contributed by atoms with Gasteiger partial charge in [-0.2, -0.15) is 0 Å². The number of hydrogen-bond donors (Lipinski definition) is 1. The second-order valence-corrected chi connectivity index (χ2v) is 7.45. The normalized spacial score (nSPS) is 27.2. The number of carbonyl (C=O) groups is 3. The first kappa shape index (κ1) is 17.0. The Morgan fingerprint density at radius 2 is 1.77 bits per heavy atom. The van der Waals surface area contributed by atoms with Crippen LogP contribution in [0.25, 0.3) is 0 Å². The molecule has 3 atom stereocenters. The number of benzene rings is 1. The van der Waals surface area contributed by atoms with E-state index in [1.165, 1.54) is 16.0 Å². The molecule has 0 bridgehead atoms. The van der Waals surface area contributed by atoms with Gasteiger partial charge in [-0.1, -0.05) is 36.4 Å². The molecule has 136 valence electrons. The number of allylic oxidation sites excluding steroid dienone is 2. The molecule has 0 aromatic heterocycles. The molecular weight excluding hydrogens is 328 g/mol. The fraction of sp³-hybridized carbons (Fsp3) is 0.476. The lowest BCUT2D eigenvalue weighted by molar-refractivity contribution is -0.140. The summed E-state index contributed by atoms with van der Waals surface area (Å²) in [5.74, 6) is -0.762. The highest BCUT2D eigenvalue weighted by Crippen LogP contribution is 2.35. The third kappa shape index (κ3) is 3.06. The average Bonchev–Trinajstić information content (AvgIpc) is 2.91. The largest absolute Gasteiger partial charge is 0.349 e. The first-order valence-electron chi connectivity index (χ1n) is 9.52. The molecule has 26 heavy (non-hydrogen) atoms. The molecule has 4 rings (SSSR count). The van der Waals surface area contributed by atoms with Crippen LogP contribution in [0, 0.1) is 11.8 Å². The van der Waals surface area contributed by atoms with Crippen molar-refractivity contribution in [1.29, 1.82) is 0 Å². The van der Waals surface area contributed by atoms with E-state index in [0.29, 0.717) is 12.8 Å². The van der Waals surface area contributed by atoms with Crippen molar-refractivity contribution in [2.75, 3.05) is 6.54 Å². The lowest BCUT2D eigenvalue weighted by Crippen LogP contribution is -2.37. The standard InChI is InChI=1S/C21H24N2O3/c24-19(22-18-11-5-7-14-6-1-2-8-15(14)18)12-13-23-20(25)16-9-3-4-10-17(16)21(23)26/h1-4,6,8,16-18H,5,7,9-13H2,(H,22,24)/t16-,17-,18+/m1/s1. The van der Waals surface area contributed by atoms with Gasteiger partial charge >= 0.3 is 0 Å². The fourth-order valence-electron chi connectivity index (χ4n) is 4.47. The summed E-state index contributed by atoms with van der Waals surface area (Å²) in [5, 5.41) is 3.09. The molecule has 1 heterocycles. The van der Waals surface area contributed by atoms with Gasteiger partial charge in [0, 0.05) is 13.0 Å². The van der Waals surface area contributed by atoms with Gasteiger partial charge in [-0.3, -0.25) is 19.3 Å². The summed E-state index contributed by atoms with van der Waals surface area (Å²) in [6, 6.07) is 8.25. The number of imide groups is 1. The van der Waals surface area contributed by atoms with Gasteiger partial charge in [0.05, 0.1) is 17.9 Å². The Balaban J connectivity index is 1.35. The smallest absolute Gasteiger partial charge is 0.233 e. The van der Waals surface area contributed by atoms with Crippen LogP contribution in [0.5, 0.6) is 0 Å². The van der Waals surface area contributed by atoms with E-state index >= 15 is 0 Å². The van der Waals surface area contributed by atoms with Crippen molar-refractivity contribution in [2.24, 2.45) is 11.8 Å². The highest BCUT2D eigenvalue weighted by atomic mass is 16.2. The van der Waals surface area contributed by atoms with Gasteiger partial charge in [0.2, 0.25) is 17.7 Å². The maximum absolute atomic E-state index is 12.5. The van der Waals surface area contributed by atoms with Crippen LogP contribution >= 0.6 is 0 Å². The Labute approximate surface area is 153 Å². The lowest BCUT2D eigenvalue weighted by Gasteiger charge is -2.26. The SMILES string of the molecule is O=C(CCN1C(=O)[C@@H]2CC=CC[C@H]2C1=O)N[C@H]1CCCc2ccccc21. The summed E-state index contributed by atoms with van der Waals surface area (Å²) in [7, 11) is 0. The zero-order valence-corrected chi connectivity index (χ0v) is 14.8. The van der Waals surface area contributed by atoms with Crippen molar-refractivity contribution < 1.29 is 14.4 Å². The van der Waals surface area contributed by atoms with Crippen molar-refractivity contribution in [2.45, 2.75) is 44.6 Å². The minimum Gasteiger partial charge on any atom is -0.349 e. The van der Waals surface area contributed by atoms with E-state index in [0.717, 1.165) is 19.3 Å². The minimum absolute atomic E-state index is 0.0317. The lowest BCUT2D eigenvalue weighted by atomic mass is 9.85. The number of nitrogens with one attached hydrogen (secondary N) is 1. The Bertz CT molecular complexity index is 744. The minimum atomic E-state index is -0.221. The van der Waals surface area contributed by atoms with Gasteiger partial charge in [-0.25, -0.2) is 0 Å². The Morgan fingerprint density at radius 1 is 1.08 bits per heavy atom. The van der Waals surface area contributed by atoms with Crippen LogP contribution in [0.4, 0.5) is 0 Å². The quantitative estimate of drug-likeness (QED) is 0.669. The van der Waals surface area contributed by atoms with E-state index in [-0.39, 0.29) is 48.6 Å². The number of nitrogens with zero attached hydrogens (tertiary/aromatic N) is 1. The number of fused-ring (bicyclic) bond motifs is 2. The molecule has 1 N–H and O–H groups in total. The van der Waals surface area contributed by atoms with E-state index in [2.05, 4.69) is 17.4 Å². The summed E-state index contributed by atoms with van der Waals surface area (Å²) in [6.45, 7) is 0.185. The van der Waals surface area contributed by atoms with Crippen LogP contribution in [0.1, 0.15) is 49.3 Å². The van der Waals surface area contributed by atoms with Crippen molar-refractivity contribution in [3.63, 3.8) is 0 Å². The van der Waals surface area contributed by atoms with Crippen LogP contribution in [0.2, 0.25) is 0 Å². The molecule has 5 nitrogen and oxygen atoms in total. The van der Waals surface area contributed by atoms with Gasteiger partial charge in [-0.05, 0) is 43.2 Å². The highest BCUT2D eigenvalue weighted by Gasteiger charge is 2.46. The summed E-state index contributed by atoms with van der Waals surface area (Å²) >= 11 is 0. The molecule has 2 aliphatic carbocycles. The maximum atomic E-state index is 12.5. The van der Waals surface area contributed by atoms with Crippen LogP contribution in [-0.2, 0) is 20.8 Å². The predicted octanol–water partition coefficient (Wildman–Crippen LogP) is 2.52. The molecule has 1 fully saturated rings. The van der Waals surface area contributed by atoms with Gasteiger partial charge in [0.1, 0.15) is 0 Å². The highest BCUT2D eigenvalue weighted by molar-refractivity contribution is 6.05. The van der Waals surface area contributed by atoms with Crippen molar-refractivity contribution in [3.05, 3.63) is 47.5 Å². The number of aryl methyl sites for hydroxylation is 1. The molecular formula is C21H24N2O3. The summed E-state index contributed by atoms with van der Waals surface area (Å²) < 4.78 is 0. The van der Waals surface area contributed by atoms with Crippen LogP contribution in [0.15, 0.2) is 36.4 Å². The second-order valence-electron chi connectivity index (χ2n) is 7.45. The second kappa shape index (κ2) is 7.06. The number of amides is 3. The Hall–Kier alpha value is -2.43. The molecule has 5 heteroatoms. The van der Waals surface area contributed by atoms with Gasteiger partial charge in [0.15, 0.2) is 0 Å². The zero-order valence-electron chi connectivity index (χ0n) is 14.8. The summed E-state index contributed by atoms with van der Waals surface area (Å²) in [5.41, 5.74) is 2.49. The van der Waals surface area contributed by atoms with Crippen molar-refractivity contribution >= 4 is 17.7 Å². The van der Waals surface area contributed by atoms with E-state index in [9.17, 15) is 14.4 Å². The topological polar surface area (TPSA) is 66.5 Å². The molecule has 0 radical (unpaired) electrons. The van der Waals surface area contributed by atoms with E-state index < -0.39 is 0 Å². The first-order valence-corrected chi connectivity index (χ1v) is 9.52. The fourth-order valence-corrected chi connectivity index (χ4v) is 4.47. The van der Waals surface area contributed by atoms with E-state index in [1.54, 1.807) is 0 Å². The van der Waals surface area contributed by atoms with E-state index in [1.807, 2.05) is 24.3 Å². The van der Waals surface area contributed by atoms with Gasteiger partial charge < -0.3 is 5.32 Å². The number of rotatable bonds is 4. The average molecular weight is 352 g/mol. The van der Waals surface area contributed by atoms with Gasteiger partial charge in [-0.15, -0.1) is 0 Å². The van der Waals surface area contributed by atoms with Crippen molar-refractivity contribution in [3.8, 4) is 0 Å². The number of hydrogen-bond acceptors (Lipinski definition) is 3. The van der Waals surface area contributed by atoms with Crippen LogP contribution in [0.3, 0.4) is 0 Å². The van der Waals surface area contributed by atoms with Crippen LogP contribution < -0.4 is 5.32 Å². The van der Waals surface area contributed by atoms with E-state index in [4.69, 9.17) is 0 Å². The van der Waals surface area contributed by atoms with Crippen molar-refractivity contribution in [1.82, 2.24) is 10.2 Å². The number of carbonyl (C=O) groups excluding carboxylic acids is 3. The number of likely N-dealkylation sites (tertiary alicyclic amines) is 1. The Kier molecular flexibility index (Phi) is 4.62. The Morgan fingerprint density at radius 3 is 2.50 bits per heavy atom. The van der Waals surface area contributed by atoms with Crippen LogP contribution in [-0.4, -0.2) is 29.2 Å². The molecule has 1 aromatic rings. The third-order valence-electron chi connectivity index (χ3n) is 5.87. The summed E-state index contributed by atoms with van der Waals surface area (Å²) in [6.07, 6.45) is 8.43. The monoisotopic (exact) mass is 352 g/mol. The molecule has 1 saturated heterocycles. The zero-order chi connectivity index (χ0) is 18.1. The molecule has 0 spiro atoms. The summed E-state index contributed by atoms with van der Waals surface area (Å²) in [4.78, 5) is 38.6. The van der Waals surface area contributed by atoms with Gasteiger partial charge in [0.25, 0.3) is 0 Å². The molecule has 1 aromatic carbocycles.